The van der Waals surface area contributed by atoms with Gasteiger partial charge in [0.25, 0.3) is 0 Å². The summed E-state index contributed by atoms with van der Waals surface area (Å²) in [6.45, 7) is 3.46. The molecule has 0 aromatic carbocycles. The molecule has 162 valence electrons. The monoisotopic (exact) mass is 426 g/mol. The number of carbonyl (C=O) groups is 1. The quantitative estimate of drug-likeness (QED) is 0.538. The maximum atomic E-state index is 13.2. The second-order valence-corrected chi connectivity index (χ2v) is 8.37. The van der Waals surface area contributed by atoms with Crippen molar-refractivity contribution in [3.63, 3.8) is 0 Å². The molecule has 0 unspecified atom stereocenters. The van der Waals surface area contributed by atoms with Crippen molar-refractivity contribution in [3.8, 4) is 11.1 Å². The number of hydrogen-bond donors (Lipinski definition) is 1. The third kappa shape index (κ3) is 3.93. The van der Waals surface area contributed by atoms with E-state index in [4.69, 9.17) is 10.7 Å². The van der Waals surface area contributed by atoms with E-state index < -0.39 is 0 Å². The van der Waals surface area contributed by atoms with Crippen LogP contribution >= 0.6 is 0 Å². The molecule has 4 aromatic heterocycles. The second-order valence-electron chi connectivity index (χ2n) is 8.37. The first kappa shape index (κ1) is 20.2. The summed E-state index contributed by atoms with van der Waals surface area (Å²) in [4.78, 5) is 28.6. The molecule has 1 fully saturated rings. The molecule has 5 heterocycles. The number of aryl methyl sites for hydroxylation is 1. The van der Waals surface area contributed by atoms with E-state index in [9.17, 15) is 4.79 Å². The van der Waals surface area contributed by atoms with Crippen LogP contribution in [-0.2, 0) is 11.2 Å². The molecule has 2 N–H and O–H groups in total. The molecule has 0 radical (unpaired) electrons. The summed E-state index contributed by atoms with van der Waals surface area (Å²) in [6, 6.07) is 13.8. The van der Waals surface area contributed by atoms with Gasteiger partial charge in [-0.05, 0) is 50.1 Å². The molecule has 1 saturated heterocycles. The number of imidazole rings is 1. The number of carbonyl (C=O) groups excluding carboxylic acids is 1. The lowest BCUT2D eigenvalue weighted by Gasteiger charge is -2.32. The number of pyridine rings is 3. The van der Waals surface area contributed by atoms with Gasteiger partial charge in [0.1, 0.15) is 11.5 Å². The number of fused-ring (bicyclic) bond motifs is 1. The van der Waals surface area contributed by atoms with Gasteiger partial charge in [-0.15, -0.1) is 0 Å². The zero-order valence-electron chi connectivity index (χ0n) is 18.1. The van der Waals surface area contributed by atoms with E-state index >= 15 is 0 Å². The molecular weight excluding hydrogens is 400 g/mol. The number of likely N-dealkylation sites (tertiary alicyclic amines) is 1. The first-order valence-electron chi connectivity index (χ1n) is 11.0. The first-order chi connectivity index (χ1) is 15.6. The molecule has 1 aliphatic rings. The summed E-state index contributed by atoms with van der Waals surface area (Å²) in [5.74, 6) is 0.895. The number of nitrogens with zero attached hydrogens (tertiary/aromatic N) is 5. The lowest BCUT2D eigenvalue weighted by molar-refractivity contribution is -0.131. The van der Waals surface area contributed by atoms with Crippen LogP contribution in [0, 0.1) is 6.92 Å². The van der Waals surface area contributed by atoms with E-state index in [0.717, 1.165) is 53.2 Å². The van der Waals surface area contributed by atoms with Crippen molar-refractivity contribution < 1.29 is 4.79 Å². The average Bonchev–Trinajstić information content (AvgIpc) is 3.14. The molecule has 4 aromatic rings. The van der Waals surface area contributed by atoms with Gasteiger partial charge in [-0.25, -0.2) is 9.97 Å². The number of amides is 1. The van der Waals surface area contributed by atoms with Gasteiger partial charge in [0, 0.05) is 54.4 Å². The van der Waals surface area contributed by atoms with Crippen molar-refractivity contribution in [2.24, 2.45) is 0 Å². The van der Waals surface area contributed by atoms with Crippen LogP contribution in [0.1, 0.15) is 35.8 Å². The Morgan fingerprint density at radius 2 is 1.91 bits per heavy atom. The van der Waals surface area contributed by atoms with E-state index in [0.29, 0.717) is 18.8 Å². The predicted molar refractivity (Wildman–Crippen MR) is 124 cm³/mol. The summed E-state index contributed by atoms with van der Waals surface area (Å²) >= 11 is 0. The molecule has 0 aliphatic carbocycles. The topological polar surface area (TPSA) is 89.4 Å². The molecule has 0 bridgehead atoms. The Bertz CT molecular complexity index is 1250. The summed E-state index contributed by atoms with van der Waals surface area (Å²) in [5.41, 5.74) is 11.5. The SMILES string of the molecule is Cc1nc2ccccn2c1CC(=O)N1CCC[C@@H](c2ccc(-c3ccc(N)nc3)cn2)C1. The van der Waals surface area contributed by atoms with Gasteiger partial charge in [-0.1, -0.05) is 12.1 Å². The normalized spacial score (nSPS) is 16.4. The third-order valence-corrected chi connectivity index (χ3v) is 6.25. The van der Waals surface area contributed by atoms with E-state index in [1.165, 1.54) is 0 Å². The Morgan fingerprint density at radius 1 is 1.09 bits per heavy atom. The highest BCUT2D eigenvalue weighted by Gasteiger charge is 2.26. The van der Waals surface area contributed by atoms with Crippen LogP contribution in [0.15, 0.2) is 61.1 Å². The Kier molecular flexibility index (Phi) is 5.31. The van der Waals surface area contributed by atoms with Crippen LogP contribution in [-0.4, -0.2) is 43.2 Å². The van der Waals surface area contributed by atoms with Crippen molar-refractivity contribution in [1.29, 1.82) is 0 Å². The summed E-state index contributed by atoms with van der Waals surface area (Å²) < 4.78 is 2.01. The van der Waals surface area contributed by atoms with Gasteiger partial charge < -0.3 is 15.0 Å². The lowest BCUT2D eigenvalue weighted by Crippen LogP contribution is -2.40. The molecule has 0 spiro atoms. The van der Waals surface area contributed by atoms with E-state index in [2.05, 4.69) is 22.1 Å². The van der Waals surface area contributed by atoms with Crippen LogP contribution in [0.2, 0.25) is 0 Å². The minimum Gasteiger partial charge on any atom is -0.384 e. The predicted octanol–water partition coefficient (Wildman–Crippen LogP) is 3.63. The zero-order chi connectivity index (χ0) is 22.1. The summed E-state index contributed by atoms with van der Waals surface area (Å²) in [6.07, 6.45) is 7.99. The fourth-order valence-corrected chi connectivity index (χ4v) is 4.47. The van der Waals surface area contributed by atoms with Crippen LogP contribution in [0.4, 0.5) is 5.82 Å². The molecule has 7 nitrogen and oxygen atoms in total. The number of nitrogen functional groups attached to an aromatic ring is 1. The van der Waals surface area contributed by atoms with Crippen molar-refractivity contribution in [2.45, 2.75) is 32.1 Å². The number of rotatable bonds is 4. The Hall–Kier alpha value is -3.74. The second kappa shape index (κ2) is 8.42. The number of aromatic nitrogens is 4. The standard InChI is InChI=1S/C25H26N6O/c1-17-22(31-12-3-2-6-24(31)29-17)13-25(32)30-11-4-5-20(16-30)21-9-7-18(14-27-21)19-8-10-23(26)28-15-19/h2-3,6-10,12,14-15,20H,4-5,11,13,16H2,1H3,(H2,26,28)/t20-/m1/s1. The summed E-state index contributed by atoms with van der Waals surface area (Å²) in [5, 5.41) is 0. The molecule has 0 saturated carbocycles. The van der Waals surface area contributed by atoms with Gasteiger partial charge in [-0.2, -0.15) is 0 Å². The number of anilines is 1. The Balaban J connectivity index is 1.29. The number of nitrogens with two attached hydrogens (primary N) is 1. The molecule has 7 heteroatoms. The highest BCUT2D eigenvalue weighted by molar-refractivity contribution is 5.79. The molecular formula is C25H26N6O. The van der Waals surface area contributed by atoms with Crippen molar-refractivity contribution in [1.82, 2.24) is 24.3 Å². The molecule has 1 aliphatic heterocycles. The average molecular weight is 427 g/mol. The number of hydrogen-bond acceptors (Lipinski definition) is 5. The summed E-state index contributed by atoms with van der Waals surface area (Å²) in [7, 11) is 0. The number of piperidine rings is 1. The maximum absolute atomic E-state index is 13.2. The minimum absolute atomic E-state index is 0.146. The van der Waals surface area contributed by atoms with E-state index in [-0.39, 0.29) is 11.8 Å². The Morgan fingerprint density at radius 3 is 2.66 bits per heavy atom. The van der Waals surface area contributed by atoms with E-state index in [1.807, 2.05) is 52.9 Å². The highest BCUT2D eigenvalue weighted by Crippen LogP contribution is 2.28. The van der Waals surface area contributed by atoms with Crippen LogP contribution in [0.25, 0.3) is 16.8 Å². The van der Waals surface area contributed by atoms with Crippen molar-refractivity contribution >= 4 is 17.4 Å². The van der Waals surface area contributed by atoms with Gasteiger partial charge in [0.05, 0.1) is 17.8 Å². The fourth-order valence-electron chi connectivity index (χ4n) is 4.47. The van der Waals surface area contributed by atoms with E-state index in [1.54, 1.807) is 12.3 Å². The smallest absolute Gasteiger partial charge is 0.228 e. The highest BCUT2D eigenvalue weighted by atomic mass is 16.2. The zero-order valence-corrected chi connectivity index (χ0v) is 18.1. The first-order valence-corrected chi connectivity index (χ1v) is 11.0. The minimum atomic E-state index is 0.146. The van der Waals surface area contributed by atoms with Gasteiger partial charge in [-0.3, -0.25) is 9.78 Å². The van der Waals surface area contributed by atoms with Crippen LogP contribution in [0.3, 0.4) is 0 Å². The molecule has 1 amide bonds. The lowest BCUT2D eigenvalue weighted by atomic mass is 9.93. The van der Waals surface area contributed by atoms with Crippen LogP contribution in [0.5, 0.6) is 0 Å². The van der Waals surface area contributed by atoms with Crippen LogP contribution < -0.4 is 5.73 Å². The van der Waals surface area contributed by atoms with Gasteiger partial charge in [0.2, 0.25) is 5.91 Å². The molecule has 32 heavy (non-hydrogen) atoms. The molecule has 5 rings (SSSR count). The maximum Gasteiger partial charge on any atom is 0.228 e. The fraction of sp³-hybridized carbons (Fsp3) is 0.280. The largest absolute Gasteiger partial charge is 0.384 e. The Labute approximate surface area is 186 Å². The van der Waals surface area contributed by atoms with Crippen molar-refractivity contribution in [3.05, 3.63) is 78.1 Å². The third-order valence-electron chi connectivity index (χ3n) is 6.25. The van der Waals surface area contributed by atoms with Gasteiger partial charge >= 0.3 is 0 Å². The van der Waals surface area contributed by atoms with Gasteiger partial charge in [0.15, 0.2) is 0 Å². The molecule has 1 atom stereocenters. The van der Waals surface area contributed by atoms with Crippen molar-refractivity contribution in [2.75, 3.05) is 18.8 Å².